The quantitative estimate of drug-likeness (QED) is 0.571. The highest BCUT2D eigenvalue weighted by molar-refractivity contribution is 5.79. The fourth-order valence-corrected chi connectivity index (χ4v) is 1.79. The van der Waals surface area contributed by atoms with Gasteiger partial charge in [0.25, 0.3) is 0 Å². The molecule has 0 aliphatic rings. The monoisotopic (exact) mass is 202 g/mol. The van der Waals surface area contributed by atoms with Crippen LogP contribution in [-0.4, -0.2) is 15.2 Å². The van der Waals surface area contributed by atoms with Gasteiger partial charge in [-0.1, -0.05) is 0 Å². The zero-order chi connectivity index (χ0) is 11.0. The van der Waals surface area contributed by atoms with E-state index in [0.29, 0.717) is 6.42 Å². The second kappa shape index (κ2) is 3.38. The molecule has 0 spiro atoms. The lowest BCUT2D eigenvalue weighted by Gasteiger charge is -2.02. The van der Waals surface area contributed by atoms with E-state index in [4.69, 9.17) is 11.1 Å². The minimum absolute atomic E-state index is 0.188. The van der Waals surface area contributed by atoms with Crippen molar-refractivity contribution in [3.63, 3.8) is 0 Å². The fourth-order valence-electron chi connectivity index (χ4n) is 1.79. The molecule has 4 nitrogen and oxygen atoms in total. The van der Waals surface area contributed by atoms with Crippen LogP contribution in [-0.2, 0) is 6.42 Å². The smallest absolute Gasteiger partial charge is 0.110 e. The van der Waals surface area contributed by atoms with Crippen LogP contribution in [0, 0.1) is 19.3 Å². The summed E-state index contributed by atoms with van der Waals surface area (Å²) in [5.74, 6) is 1.17. The summed E-state index contributed by atoms with van der Waals surface area (Å²) in [4.78, 5) is 4.39. The third kappa shape index (κ3) is 1.70. The van der Waals surface area contributed by atoms with Gasteiger partial charge < -0.3 is 10.1 Å². The van der Waals surface area contributed by atoms with Crippen LogP contribution in [0.15, 0.2) is 18.3 Å². The number of imidazole rings is 1. The number of nitrogens with one attached hydrogen (secondary N) is 1. The number of amidine groups is 1. The van der Waals surface area contributed by atoms with Crippen molar-refractivity contribution in [3.05, 3.63) is 35.4 Å². The van der Waals surface area contributed by atoms with Crippen LogP contribution in [0.1, 0.15) is 17.1 Å². The number of nitrogens with zero attached hydrogens (tertiary/aromatic N) is 2. The Kier molecular flexibility index (Phi) is 2.19. The van der Waals surface area contributed by atoms with Gasteiger partial charge in [0, 0.05) is 12.6 Å². The van der Waals surface area contributed by atoms with Gasteiger partial charge in [-0.15, -0.1) is 0 Å². The molecule has 0 radical (unpaired) electrons. The van der Waals surface area contributed by atoms with Gasteiger partial charge in [0.15, 0.2) is 0 Å². The summed E-state index contributed by atoms with van der Waals surface area (Å²) in [7, 11) is 0. The maximum atomic E-state index is 7.25. The highest BCUT2D eigenvalue weighted by atomic mass is 15.0. The Labute approximate surface area is 88.3 Å². The summed E-state index contributed by atoms with van der Waals surface area (Å²) in [5, 5.41) is 7.25. The standard InChI is InChI=1S/C11H14N4/c1-7-10-5-9(6-11(12)13)3-4-15(10)8(2)14-7/h3-5H,6H2,1-2H3,(H3,12,13). The van der Waals surface area contributed by atoms with Gasteiger partial charge in [-0.2, -0.15) is 0 Å². The summed E-state index contributed by atoms with van der Waals surface area (Å²) >= 11 is 0. The number of hydrogen-bond donors (Lipinski definition) is 2. The zero-order valence-electron chi connectivity index (χ0n) is 8.91. The molecule has 0 unspecified atom stereocenters. The molecule has 2 aromatic heterocycles. The van der Waals surface area contributed by atoms with Gasteiger partial charge in [-0.3, -0.25) is 5.41 Å². The second-order valence-corrected chi connectivity index (χ2v) is 3.74. The largest absolute Gasteiger partial charge is 0.387 e. The maximum absolute atomic E-state index is 7.25. The van der Waals surface area contributed by atoms with E-state index in [1.54, 1.807) is 0 Å². The molecule has 3 N–H and O–H groups in total. The van der Waals surface area contributed by atoms with Crippen molar-refractivity contribution in [2.24, 2.45) is 5.73 Å². The minimum Gasteiger partial charge on any atom is -0.387 e. The van der Waals surface area contributed by atoms with Crippen molar-refractivity contribution in [1.82, 2.24) is 9.38 Å². The molecule has 0 aromatic carbocycles. The van der Waals surface area contributed by atoms with Gasteiger partial charge in [0.05, 0.1) is 17.0 Å². The van der Waals surface area contributed by atoms with Crippen LogP contribution in [0.4, 0.5) is 0 Å². The molecule has 0 saturated heterocycles. The predicted octanol–water partition coefficient (Wildman–Crippen LogP) is 1.43. The molecule has 15 heavy (non-hydrogen) atoms. The van der Waals surface area contributed by atoms with Crippen molar-refractivity contribution in [3.8, 4) is 0 Å². The number of rotatable bonds is 2. The van der Waals surface area contributed by atoms with Crippen molar-refractivity contribution in [1.29, 1.82) is 5.41 Å². The molecule has 2 rings (SSSR count). The molecule has 0 fully saturated rings. The van der Waals surface area contributed by atoms with Crippen LogP contribution in [0.3, 0.4) is 0 Å². The first-order valence-electron chi connectivity index (χ1n) is 4.85. The van der Waals surface area contributed by atoms with E-state index in [1.165, 1.54) is 0 Å². The predicted molar refractivity (Wildman–Crippen MR) is 60.3 cm³/mol. The van der Waals surface area contributed by atoms with Crippen LogP contribution in [0.5, 0.6) is 0 Å². The average molecular weight is 202 g/mol. The Balaban J connectivity index is 2.55. The van der Waals surface area contributed by atoms with Crippen molar-refractivity contribution < 1.29 is 0 Å². The lowest BCUT2D eigenvalue weighted by Crippen LogP contribution is -2.12. The minimum atomic E-state index is 0.188. The number of pyridine rings is 1. The molecular formula is C11H14N4. The van der Waals surface area contributed by atoms with Gasteiger partial charge in [-0.05, 0) is 31.5 Å². The van der Waals surface area contributed by atoms with Gasteiger partial charge in [0.1, 0.15) is 5.82 Å². The molecule has 0 bridgehead atoms. The first-order valence-corrected chi connectivity index (χ1v) is 4.85. The molecule has 0 aliphatic carbocycles. The van der Waals surface area contributed by atoms with Gasteiger partial charge in [0.2, 0.25) is 0 Å². The topological polar surface area (TPSA) is 67.2 Å². The van der Waals surface area contributed by atoms with Crippen LogP contribution in [0.25, 0.3) is 5.52 Å². The summed E-state index contributed by atoms with van der Waals surface area (Å²) in [6, 6.07) is 4.01. The van der Waals surface area contributed by atoms with Gasteiger partial charge >= 0.3 is 0 Å². The molecule has 0 saturated carbocycles. The molecular weight excluding hydrogens is 188 g/mol. The molecule has 2 heterocycles. The first-order chi connectivity index (χ1) is 7.08. The molecule has 78 valence electrons. The van der Waals surface area contributed by atoms with E-state index >= 15 is 0 Å². The summed E-state index contributed by atoms with van der Waals surface area (Å²) in [6.07, 6.45) is 2.48. The Bertz CT molecular complexity index is 525. The van der Waals surface area contributed by atoms with E-state index < -0.39 is 0 Å². The first kappa shape index (κ1) is 9.71. The molecule has 2 aromatic rings. The summed E-state index contributed by atoms with van der Waals surface area (Å²) in [5.41, 5.74) is 8.53. The third-order valence-corrected chi connectivity index (χ3v) is 2.46. The van der Waals surface area contributed by atoms with Crippen LogP contribution in [0.2, 0.25) is 0 Å². The van der Waals surface area contributed by atoms with Crippen molar-refractivity contribution >= 4 is 11.4 Å². The number of hydrogen-bond acceptors (Lipinski definition) is 2. The fraction of sp³-hybridized carbons (Fsp3) is 0.273. The van der Waals surface area contributed by atoms with Crippen molar-refractivity contribution in [2.75, 3.05) is 0 Å². The average Bonchev–Trinajstić information content (AvgIpc) is 2.41. The van der Waals surface area contributed by atoms with Crippen LogP contribution >= 0.6 is 0 Å². The SMILES string of the molecule is Cc1nc(C)n2ccc(CC(=N)N)cc12. The number of nitrogens with two attached hydrogens (primary N) is 1. The third-order valence-electron chi connectivity index (χ3n) is 2.46. The molecule has 0 atom stereocenters. The summed E-state index contributed by atoms with van der Waals surface area (Å²) < 4.78 is 2.04. The van der Waals surface area contributed by atoms with E-state index in [-0.39, 0.29) is 5.84 Å². The Morgan fingerprint density at radius 3 is 2.93 bits per heavy atom. The molecule has 4 heteroatoms. The highest BCUT2D eigenvalue weighted by Gasteiger charge is 2.05. The molecule has 0 amide bonds. The van der Waals surface area contributed by atoms with E-state index in [0.717, 1.165) is 22.6 Å². The van der Waals surface area contributed by atoms with E-state index in [2.05, 4.69) is 4.98 Å². The Morgan fingerprint density at radius 1 is 1.53 bits per heavy atom. The molecule has 0 aliphatic heterocycles. The lowest BCUT2D eigenvalue weighted by molar-refractivity contribution is 1.03. The van der Waals surface area contributed by atoms with Crippen LogP contribution < -0.4 is 5.73 Å². The lowest BCUT2D eigenvalue weighted by atomic mass is 10.1. The number of aromatic nitrogens is 2. The maximum Gasteiger partial charge on any atom is 0.110 e. The van der Waals surface area contributed by atoms with Gasteiger partial charge in [-0.25, -0.2) is 4.98 Å². The zero-order valence-corrected chi connectivity index (χ0v) is 8.91. The van der Waals surface area contributed by atoms with E-state index in [9.17, 15) is 0 Å². The Hall–Kier alpha value is -1.84. The normalized spacial score (nSPS) is 10.8. The van der Waals surface area contributed by atoms with E-state index in [1.807, 2.05) is 36.6 Å². The Morgan fingerprint density at radius 2 is 2.27 bits per heavy atom. The second-order valence-electron chi connectivity index (χ2n) is 3.74. The number of aryl methyl sites for hydroxylation is 2. The summed E-state index contributed by atoms with van der Waals surface area (Å²) in [6.45, 7) is 3.96. The highest BCUT2D eigenvalue weighted by Crippen LogP contribution is 2.14. The van der Waals surface area contributed by atoms with Crippen molar-refractivity contribution in [2.45, 2.75) is 20.3 Å². The number of fused-ring (bicyclic) bond motifs is 1.